The molecule has 0 N–H and O–H groups in total. The van der Waals surface area contributed by atoms with Gasteiger partial charge >= 0.3 is 0 Å². The molecule has 1 unspecified atom stereocenters. The molecule has 1 amide bonds. The minimum Gasteiger partial charge on any atom is -0.388 e. The van der Waals surface area contributed by atoms with Crippen molar-refractivity contribution in [2.45, 2.75) is 26.2 Å². The van der Waals surface area contributed by atoms with Crippen molar-refractivity contribution >= 4 is 17.7 Å². The molecule has 96 valence electrons. The summed E-state index contributed by atoms with van der Waals surface area (Å²) in [5.41, 5.74) is 0. The van der Waals surface area contributed by atoms with Gasteiger partial charge in [0.15, 0.2) is 0 Å². The Balaban J connectivity index is 0.000000673. The van der Waals surface area contributed by atoms with E-state index >= 15 is 0 Å². The van der Waals surface area contributed by atoms with Gasteiger partial charge in [0, 0.05) is 33.7 Å². The topological polar surface area (TPSA) is 29.5 Å². The third kappa shape index (κ3) is 7.12. The molecule has 4 heteroatoms. The Morgan fingerprint density at radius 1 is 1.50 bits per heavy atom. The summed E-state index contributed by atoms with van der Waals surface area (Å²) in [7, 11) is 3.25. The normalized spacial score (nSPS) is 19.2. The Morgan fingerprint density at radius 3 is 2.56 bits per heavy atom. The molecule has 1 aliphatic heterocycles. The highest BCUT2D eigenvalue weighted by atomic mass is 32.2. The van der Waals surface area contributed by atoms with Crippen molar-refractivity contribution in [2.75, 3.05) is 39.3 Å². The minimum absolute atomic E-state index is 0.360. The molecule has 0 saturated carbocycles. The van der Waals surface area contributed by atoms with Crippen molar-refractivity contribution in [3.8, 4) is 0 Å². The highest BCUT2D eigenvalue weighted by molar-refractivity contribution is 7.98. The molecule has 0 aromatic carbocycles. The van der Waals surface area contributed by atoms with Gasteiger partial charge in [0.25, 0.3) is 0 Å². The van der Waals surface area contributed by atoms with Gasteiger partial charge in [0.2, 0.25) is 5.91 Å². The molecular formula is C12H25NO2S. The first-order valence-electron chi connectivity index (χ1n) is 5.82. The number of carbonyl (C=O) groups excluding carboxylic acids is 1. The predicted octanol–water partition coefficient (Wildman–Crippen LogP) is 2.26. The summed E-state index contributed by atoms with van der Waals surface area (Å²) in [6.07, 6.45) is 5.05. The number of methoxy groups -OCH3 is 1. The minimum atomic E-state index is 0.360. The molecule has 1 saturated heterocycles. The van der Waals surface area contributed by atoms with E-state index in [0.29, 0.717) is 11.8 Å². The zero-order valence-electron chi connectivity index (χ0n) is 11.0. The summed E-state index contributed by atoms with van der Waals surface area (Å²) in [6.45, 7) is 4.19. The summed E-state index contributed by atoms with van der Waals surface area (Å²) in [5, 5.41) is 0. The Kier molecular flexibility index (Phi) is 9.83. The van der Waals surface area contributed by atoms with Crippen LogP contribution in [0.25, 0.3) is 0 Å². The summed E-state index contributed by atoms with van der Waals surface area (Å²) >= 11 is 1.82. The number of rotatable bonds is 4. The lowest BCUT2D eigenvalue weighted by Gasteiger charge is -2.15. The SMILES string of the molecule is COC.CSCCCC(=O)N1CCC(C)C1. The zero-order chi connectivity index (χ0) is 12.4. The van der Waals surface area contributed by atoms with Gasteiger partial charge in [-0.1, -0.05) is 6.92 Å². The molecule has 3 nitrogen and oxygen atoms in total. The zero-order valence-corrected chi connectivity index (χ0v) is 11.8. The molecule has 1 atom stereocenters. The van der Waals surface area contributed by atoms with E-state index in [4.69, 9.17) is 0 Å². The maximum absolute atomic E-state index is 11.6. The average molecular weight is 247 g/mol. The first-order valence-corrected chi connectivity index (χ1v) is 7.21. The maximum atomic E-state index is 11.6. The van der Waals surface area contributed by atoms with Gasteiger partial charge < -0.3 is 9.64 Å². The lowest BCUT2D eigenvalue weighted by molar-refractivity contribution is -0.130. The number of hydrogen-bond donors (Lipinski definition) is 0. The number of nitrogens with zero attached hydrogens (tertiary/aromatic N) is 1. The van der Waals surface area contributed by atoms with Gasteiger partial charge in [-0.25, -0.2) is 0 Å². The van der Waals surface area contributed by atoms with Crippen LogP contribution in [-0.4, -0.2) is 50.1 Å². The van der Waals surface area contributed by atoms with Crippen LogP contribution in [0.1, 0.15) is 26.2 Å². The van der Waals surface area contributed by atoms with Crippen molar-refractivity contribution in [2.24, 2.45) is 5.92 Å². The maximum Gasteiger partial charge on any atom is 0.222 e. The monoisotopic (exact) mass is 247 g/mol. The predicted molar refractivity (Wildman–Crippen MR) is 70.9 cm³/mol. The third-order valence-electron chi connectivity index (χ3n) is 2.52. The molecule has 0 bridgehead atoms. The van der Waals surface area contributed by atoms with Crippen LogP contribution in [0.5, 0.6) is 0 Å². The smallest absolute Gasteiger partial charge is 0.222 e. The van der Waals surface area contributed by atoms with Crippen LogP contribution in [0.15, 0.2) is 0 Å². The Bertz CT molecular complexity index is 188. The molecule has 1 rings (SSSR count). The van der Waals surface area contributed by atoms with Gasteiger partial charge in [-0.05, 0) is 30.8 Å². The molecule has 0 spiro atoms. The van der Waals surface area contributed by atoms with Crippen LogP contribution >= 0.6 is 11.8 Å². The lowest BCUT2D eigenvalue weighted by Crippen LogP contribution is -2.28. The van der Waals surface area contributed by atoms with Crippen LogP contribution in [0.4, 0.5) is 0 Å². The molecule has 1 aliphatic rings. The third-order valence-corrected chi connectivity index (χ3v) is 3.21. The van der Waals surface area contributed by atoms with Gasteiger partial charge in [-0.3, -0.25) is 4.79 Å². The highest BCUT2D eigenvalue weighted by Gasteiger charge is 2.22. The summed E-state index contributed by atoms with van der Waals surface area (Å²) < 4.78 is 4.25. The fourth-order valence-electron chi connectivity index (χ4n) is 1.69. The quantitative estimate of drug-likeness (QED) is 0.714. The van der Waals surface area contributed by atoms with Crippen LogP contribution in [0.2, 0.25) is 0 Å². The van der Waals surface area contributed by atoms with Crippen LogP contribution < -0.4 is 0 Å². The molecule has 0 radical (unpaired) electrons. The lowest BCUT2D eigenvalue weighted by atomic mass is 10.2. The van der Waals surface area contributed by atoms with Gasteiger partial charge in [0.1, 0.15) is 0 Å². The molecular weight excluding hydrogens is 222 g/mol. The Labute approximate surface area is 104 Å². The van der Waals surface area contributed by atoms with Crippen molar-refractivity contribution in [1.29, 1.82) is 0 Å². The molecule has 16 heavy (non-hydrogen) atoms. The van der Waals surface area contributed by atoms with E-state index in [1.165, 1.54) is 6.42 Å². The van der Waals surface area contributed by atoms with Gasteiger partial charge in [-0.2, -0.15) is 11.8 Å². The van der Waals surface area contributed by atoms with Crippen LogP contribution in [0, 0.1) is 5.92 Å². The molecule has 1 fully saturated rings. The van der Waals surface area contributed by atoms with Crippen molar-refractivity contribution in [1.82, 2.24) is 4.90 Å². The number of thioether (sulfide) groups is 1. The molecule has 0 aromatic heterocycles. The van der Waals surface area contributed by atoms with Crippen LogP contribution in [-0.2, 0) is 9.53 Å². The van der Waals surface area contributed by atoms with Crippen molar-refractivity contribution in [3.05, 3.63) is 0 Å². The van der Waals surface area contributed by atoms with E-state index < -0.39 is 0 Å². The van der Waals surface area contributed by atoms with Gasteiger partial charge in [0.05, 0.1) is 0 Å². The van der Waals surface area contributed by atoms with E-state index in [9.17, 15) is 4.79 Å². The summed E-state index contributed by atoms with van der Waals surface area (Å²) in [6, 6.07) is 0. The number of likely N-dealkylation sites (tertiary alicyclic amines) is 1. The standard InChI is InChI=1S/C10H19NOS.C2H6O/c1-9-5-6-11(8-9)10(12)4-3-7-13-2;1-3-2/h9H,3-8H2,1-2H3;1-2H3. The highest BCUT2D eigenvalue weighted by Crippen LogP contribution is 2.16. The number of ether oxygens (including phenoxy) is 1. The fourth-order valence-corrected chi connectivity index (χ4v) is 2.12. The van der Waals surface area contributed by atoms with Crippen LogP contribution in [0.3, 0.4) is 0 Å². The van der Waals surface area contributed by atoms with E-state index in [0.717, 1.165) is 31.7 Å². The Morgan fingerprint density at radius 2 is 2.12 bits per heavy atom. The second-order valence-electron chi connectivity index (χ2n) is 4.24. The second kappa shape index (κ2) is 9.97. The van der Waals surface area contributed by atoms with Gasteiger partial charge in [-0.15, -0.1) is 0 Å². The number of amides is 1. The Hall–Kier alpha value is -0.220. The van der Waals surface area contributed by atoms with E-state index in [2.05, 4.69) is 17.9 Å². The van der Waals surface area contributed by atoms with Crippen molar-refractivity contribution in [3.63, 3.8) is 0 Å². The van der Waals surface area contributed by atoms with E-state index in [-0.39, 0.29) is 0 Å². The summed E-state index contributed by atoms with van der Waals surface area (Å²) in [4.78, 5) is 13.6. The molecule has 1 heterocycles. The number of hydrogen-bond acceptors (Lipinski definition) is 3. The first kappa shape index (κ1) is 15.8. The molecule has 0 aliphatic carbocycles. The van der Waals surface area contributed by atoms with E-state index in [1.54, 1.807) is 14.2 Å². The number of carbonyl (C=O) groups is 1. The average Bonchev–Trinajstić information content (AvgIpc) is 2.66. The largest absolute Gasteiger partial charge is 0.388 e. The fraction of sp³-hybridized carbons (Fsp3) is 0.917. The van der Waals surface area contributed by atoms with Crippen molar-refractivity contribution < 1.29 is 9.53 Å². The molecule has 0 aromatic rings. The summed E-state index contributed by atoms with van der Waals surface area (Å²) in [5.74, 6) is 2.18. The second-order valence-corrected chi connectivity index (χ2v) is 5.22. The first-order chi connectivity index (χ1) is 7.65. The van der Waals surface area contributed by atoms with E-state index in [1.807, 2.05) is 16.7 Å².